The molecule has 1 atom stereocenters. The van der Waals surface area contributed by atoms with Crippen molar-refractivity contribution in [2.24, 2.45) is 5.92 Å². The maximum atomic E-state index is 12.4. The van der Waals surface area contributed by atoms with Gasteiger partial charge in [-0.25, -0.2) is 0 Å². The molecule has 1 aromatic rings. The number of carbonyl (C=O) groups excluding carboxylic acids is 1. The van der Waals surface area contributed by atoms with Gasteiger partial charge >= 0.3 is 0 Å². The van der Waals surface area contributed by atoms with Gasteiger partial charge < -0.3 is 9.80 Å². The Morgan fingerprint density at radius 3 is 2.74 bits per heavy atom. The second-order valence-electron chi connectivity index (χ2n) is 5.06. The minimum Gasteiger partial charge on any atom is -0.351 e. The lowest BCUT2D eigenvalue weighted by Gasteiger charge is -2.36. The van der Waals surface area contributed by atoms with Gasteiger partial charge in [0, 0.05) is 32.1 Å². The molecule has 3 rings (SSSR count). The van der Waals surface area contributed by atoms with E-state index in [-0.39, 0.29) is 5.92 Å². The highest BCUT2D eigenvalue weighted by atomic mass is 32.1. The third kappa shape index (κ3) is 2.78. The summed E-state index contributed by atoms with van der Waals surface area (Å²) >= 11 is 1.23. The molecule has 102 valence electrons. The summed E-state index contributed by atoms with van der Waals surface area (Å²) in [6.45, 7) is 3.33. The van der Waals surface area contributed by atoms with E-state index >= 15 is 0 Å². The molecule has 1 aliphatic heterocycles. The van der Waals surface area contributed by atoms with Crippen molar-refractivity contribution in [2.45, 2.75) is 19.3 Å². The first-order valence-electron chi connectivity index (χ1n) is 6.81. The molecule has 0 N–H and O–H groups in total. The predicted octanol–water partition coefficient (Wildman–Crippen LogP) is 1.54. The molecule has 19 heavy (non-hydrogen) atoms. The second kappa shape index (κ2) is 5.69. The highest BCUT2D eigenvalue weighted by Gasteiger charge is 2.27. The number of hydrogen-bond acceptors (Lipinski definition) is 5. The van der Waals surface area contributed by atoms with Gasteiger partial charge in [-0.1, -0.05) is 12.2 Å². The van der Waals surface area contributed by atoms with Crippen molar-refractivity contribution in [3.63, 3.8) is 0 Å². The highest BCUT2D eigenvalue weighted by molar-refractivity contribution is 6.99. The van der Waals surface area contributed by atoms with Gasteiger partial charge in [0.1, 0.15) is 0 Å². The smallest absolute Gasteiger partial charge is 0.226 e. The highest BCUT2D eigenvalue weighted by Crippen LogP contribution is 2.22. The van der Waals surface area contributed by atoms with E-state index in [0.717, 1.165) is 51.3 Å². The fourth-order valence-corrected chi connectivity index (χ4v) is 3.17. The molecule has 0 spiro atoms. The monoisotopic (exact) mass is 278 g/mol. The molecule has 0 radical (unpaired) electrons. The quantitative estimate of drug-likeness (QED) is 0.770. The number of aromatic nitrogens is 2. The van der Waals surface area contributed by atoms with E-state index < -0.39 is 0 Å². The van der Waals surface area contributed by atoms with Crippen molar-refractivity contribution >= 4 is 23.5 Å². The van der Waals surface area contributed by atoms with Gasteiger partial charge in [-0.15, -0.1) is 0 Å². The molecule has 1 amide bonds. The molecular formula is C13H18N4OS. The van der Waals surface area contributed by atoms with Crippen LogP contribution in [0.1, 0.15) is 19.3 Å². The second-order valence-corrected chi connectivity index (χ2v) is 5.62. The third-order valence-electron chi connectivity index (χ3n) is 3.88. The molecule has 0 aromatic carbocycles. The minimum atomic E-state index is 0.206. The molecule has 1 fully saturated rings. The number of anilines is 1. The van der Waals surface area contributed by atoms with E-state index in [1.165, 1.54) is 11.7 Å². The lowest BCUT2D eigenvalue weighted by molar-refractivity contribution is -0.136. The van der Waals surface area contributed by atoms with Crippen LogP contribution in [0, 0.1) is 5.92 Å². The molecule has 0 bridgehead atoms. The van der Waals surface area contributed by atoms with Crippen LogP contribution in [-0.2, 0) is 4.79 Å². The normalized spacial score (nSPS) is 23.7. The van der Waals surface area contributed by atoms with Gasteiger partial charge in [0.2, 0.25) is 5.91 Å². The van der Waals surface area contributed by atoms with Crippen LogP contribution in [0.2, 0.25) is 0 Å². The van der Waals surface area contributed by atoms with Crippen LogP contribution in [0.3, 0.4) is 0 Å². The number of carbonyl (C=O) groups is 1. The summed E-state index contributed by atoms with van der Waals surface area (Å²) in [4.78, 5) is 16.6. The number of piperazine rings is 1. The minimum absolute atomic E-state index is 0.206. The largest absolute Gasteiger partial charge is 0.351 e. The third-order valence-corrected chi connectivity index (χ3v) is 4.35. The van der Waals surface area contributed by atoms with Crippen molar-refractivity contribution in [1.29, 1.82) is 0 Å². The first kappa shape index (κ1) is 12.6. The fourth-order valence-electron chi connectivity index (χ4n) is 2.73. The zero-order chi connectivity index (χ0) is 13.1. The lowest BCUT2D eigenvalue weighted by Crippen LogP contribution is -2.50. The summed E-state index contributed by atoms with van der Waals surface area (Å²) in [5.41, 5.74) is 0. The molecule has 2 aliphatic rings. The van der Waals surface area contributed by atoms with Gasteiger partial charge in [0.15, 0.2) is 5.82 Å². The molecule has 1 saturated heterocycles. The van der Waals surface area contributed by atoms with E-state index in [1.807, 2.05) is 4.90 Å². The van der Waals surface area contributed by atoms with Crippen LogP contribution in [0.4, 0.5) is 5.82 Å². The average molecular weight is 278 g/mol. The number of allylic oxidation sites excluding steroid dienone is 2. The number of hydrogen-bond donors (Lipinski definition) is 0. The summed E-state index contributed by atoms with van der Waals surface area (Å²) in [6, 6.07) is 0. The average Bonchev–Trinajstić information content (AvgIpc) is 3.02. The van der Waals surface area contributed by atoms with Crippen molar-refractivity contribution in [3.05, 3.63) is 18.3 Å². The molecule has 1 aromatic heterocycles. The lowest BCUT2D eigenvalue weighted by atomic mass is 9.93. The number of amides is 1. The standard InChI is InChI=1S/C13H18N4OS/c18-13(11-4-2-1-3-5-11)17-8-6-16(7-9-17)12-10-14-19-15-12/h1-2,10-11H,3-9H2/t11-/m0/s1. The van der Waals surface area contributed by atoms with Gasteiger partial charge in [-0.2, -0.15) is 8.75 Å². The molecule has 1 aliphatic carbocycles. The van der Waals surface area contributed by atoms with Crippen molar-refractivity contribution in [2.75, 3.05) is 31.1 Å². The molecule has 5 nitrogen and oxygen atoms in total. The van der Waals surface area contributed by atoms with Crippen LogP contribution in [0.25, 0.3) is 0 Å². The Hall–Kier alpha value is -1.43. The van der Waals surface area contributed by atoms with Crippen LogP contribution >= 0.6 is 11.7 Å². The van der Waals surface area contributed by atoms with Crippen molar-refractivity contribution < 1.29 is 4.79 Å². The Morgan fingerprint density at radius 1 is 1.26 bits per heavy atom. The number of nitrogens with zero attached hydrogens (tertiary/aromatic N) is 4. The summed E-state index contributed by atoms with van der Waals surface area (Å²) < 4.78 is 8.27. The van der Waals surface area contributed by atoms with E-state index in [0.29, 0.717) is 5.91 Å². The molecule has 2 heterocycles. The maximum absolute atomic E-state index is 12.4. The SMILES string of the molecule is O=C([C@H]1CC=CCC1)N1CCN(c2cnsn2)CC1. The Balaban J connectivity index is 1.55. The topological polar surface area (TPSA) is 49.3 Å². The fraction of sp³-hybridized carbons (Fsp3) is 0.615. The summed E-state index contributed by atoms with van der Waals surface area (Å²) in [6.07, 6.45) is 9.08. The summed E-state index contributed by atoms with van der Waals surface area (Å²) in [7, 11) is 0. The van der Waals surface area contributed by atoms with E-state index in [9.17, 15) is 4.79 Å². The van der Waals surface area contributed by atoms with E-state index in [4.69, 9.17) is 0 Å². The molecule has 0 unspecified atom stereocenters. The first-order valence-corrected chi connectivity index (χ1v) is 7.54. The Morgan fingerprint density at radius 2 is 2.11 bits per heavy atom. The molecular weight excluding hydrogens is 260 g/mol. The summed E-state index contributed by atoms with van der Waals surface area (Å²) in [5.74, 6) is 1.48. The Bertz CT molecular complexity index is 451. The van der Waals surface area contributed by atoms with Crippen molar-refractivity contribution in [3.8, 4) is 0 Å². The van der Waals surface area contributed by atoms with Crippen LogP contribution < -0.4 is 4.90 Å². The van der Waals surface area contributed by atoms with Crippen LogP contribution in [0.5, 0.6) is 0 Å². The molecule has 0 saturated carbocycles. The zero-order valence-electron chi connectivity index (χ0n) is 10.9. The summed E-state index contributed by atoms with van der Waals surface area (Å²) in [5, 5.41) is 0. The van der Waals surface area contributed by atoms with Crippen LogP contribution in [-0.4, -0.2) is 45.7 Å². The van der Waals surface area contributed by atoms with E-state index in [1.54, 1.807) is 6.20 Å². The Labute approximate surface area is 117 Å². The number of rotatable bonds is 2. The van der Waals surface area contributed by atoms with Gasteiger partial charge in [0.25, 0.3) is 0 Å². The van der Waals surface area contributed by atoms with Crippen molar-refractivity contribution in [1.82, 2.24) is 13.6 Å². The zero-order valence-corrected chi connectivity index (χ0v) is 11.7. The maximum Gasteiger partial charge on any atom is 0.226 e. The van der Waals surface area contributed by atoms with Gasteiger partial charge in [0.05, 0.1) is 17.9 Å². The van der Waals surface area contributed by atoms with E-state index in [2.05, 4.69) is 25.8 Å². The van der Waals surface area contributed by atoms with Gasteiger partial charge in [-0.3, -0.25) is 4.79 Å². The van der Waals surface area contributed by atoms with Gasteiger partial charge in [-0.05, 0) is 19.3 Å². The van der Waals surface area contributed by atoms with Crippen LogP contribution in [0.15, 0.2) is 18.3 Å². The predicted molar refractivity (Wildman–Crippen MR) is 75.2 cm³/mol. The first-order chi connectivity index (χ1) is 9.34. The Kier molecular flexibility index (Phi) is 3.77. The molecule has 6 heteroatoms.